The molecule has 1 fully saturated rings. The molecule has 1 N–H and O–H groups in total. The topological polar surface area (TPSA) is 80.5 Å². The van der Waals surface area contributed by atoms with Gasteiger partial charge in [-0.15, -0.1) is 10.2 Å². The molecule has 0 spiro atoms. The molecule has 1 saturated carbocycles. The van der Waals surface area contributed by atoms with Gasteiger partial charge in [-0.25, -0.2) is 4.98 Å². The van der Waals surface area contributed by atoms with Crippen molar-refractivity contribution in [1.29, 1.82) is 0 Å². The average Bonchev–Trinajstić information content (AvgIpc) is 3.25. The first kappa shape index (κ1) is 18.4. The number of hydrogen-bond donors (Lipinski definition) is 1. The van der Waals surface area contributed by atoms with Gasteiger partial charge in [0.15, 0.2) is 11.6 Å². The highest BCUT2D eigenvalue weighted by atomic mass is 16.5. The van der Waals surface area contributed by atoms with E-state index in [1.54, 1.807) is 4.52 Å². The van der Waals surface area contributed by atoms with Gasteiger partial charge in [-0.1, -0.05) is 31.4 Å². The monoisotopic (exact) mass is 415 g/mol. The fraction of sp³-hybridized carbons (Fsp3) is 0.391. The Hall–Kier alpha value is -3.42. The van der Waals surface area contributed by atoms with Gasteiger partial charge < -0.3 is 15.0 Å². The lowest BCUT2D eigenvalue weighted by atomic mass is 9.95. The molecule has 1 aromatic carbocycles. The number of ether oxygens (including phenoxy) is 1. The van der Waals surface area contributed by atoms with E-state index < -0.39 is 0 Å². The molecule has 0 unspecified atom stereocenters. The number of nitrogens with zero attached hydrogens (tertiary/aromatic N) is 6. The summed E-state index contributed by atoms with van der Waals surface area (Å²) in [5.41, 5.74) is 2.54. The van der Waals surface area contributed by atoms with E-state index in [0.717, 1.165) is 40.1 Å². The van der Waals surface area contributed by atoms with E-state index in [2.05, 4.69) is 48.7 Å². The van der Waals surface area contributed by atoms with Crippen molar-refractivity contribution < 1.29 is 4.74 Å². The van der Waals surface area contributed by atoms with Crippen molar-refractivity contribution >= 4 is 27.9 Å². The molecule has 1 aliphatic carbocycles. The summed E-state index contributed by atoms with van der Waals surface area (Å²) in [6.45, 7) is 1.46. The summed E-state index contributed by atoms with van der Waals surface area (Å²) in [7, 11) is 2.04. The molecule has 0 radical (unpaired) electrons. The Morgan fingerprint density at radius 1 is 1.10 bits per heavy atom. The van der Waals surface area contributed by atoms with Crippen LogP contribution in [0.2, 0.25) is 0 Å². The van der Waals surface area contributed by atoms with E-state index in [4.69, 9.17) is 4.74 Å². The number of hydrogen-bond acceptors (Lipinski definition) is 7. The molecule has 0 saturated heterocycles. The van der Waals surface area contributed by atoms with Crippen LogP contribution in [0, 0.1) is 0 Å². The Labute approximate surface area is 180 Å². The number of likely N-dealkylation sites (N-methyl/N-ethyl adjacent to an activating group) is 1. The molecule has 158 valence electrons. The van der Waals surface area contributed by atoms with Gasteiger partial charge in [-0.3, -0.25) is 0 Å². The van der Waals surface area contributed by atoms with Gasteiger partial charge in [0.25, 0.3) is 0 Å². The summed E-state index contributed by atoms with van der Waals surface area (Å²) in [5.74, 6) is 2.38. The van der Waals surface area contributed by atoms with Crippen molar-refractivity contribution in [3.8, 4) is 17.1 Å². The second kappa shape index (κ2) is 7.37. The number of aromatic nitrogens is 5. The van der Waals surface area contributed by atoms with Gasteiger partial charge in [-0.2, -0.15) is 9.61 Å². The number of rotatable bonds is 3. The van der Waals surface area contributed by atoms with E-state index >= 15 is 0 Å². The Bertz CT molecular complexity index is 1260. The van der Waals surface area contributed by atoms with E-state index in [9.17, 15) is 0 Å². The second-order valence-electron chi connectivity index (χ2n) is 8.46. The Kier molecular flexibility index (Phi) is 4.36. The van der Waals surface area contributed by atoms with Crippen molar-refractivity contribution in [2.75, 3.05) is 30.4 Å². The van der Waals surface area contributed by atoms with Crippen LogP contribution in [0.4, 0.5) is 11.5 Å². The van der Waals surface area contributed by atoms with Gasteiger partial charge in [0.2, 0.25) is 5.65 Å². The largest absolute Gasteiger partial charge is 0.486 e. The molecule has 4 aromatic rings. The minimum absolute atomic E-state index is 0.492. The third-order valence-electron chi connectivity index (χ3n) is 6.43. The quantitative estimate of drug-likeness (QED) is 0.543. The SMILES string of the molecule is CN1CCOc2c1cnn1c(-c3ccc4ccnc(NC5CCCCC5)c4c3)nnc21. The van der Waals surface area contributed by atoms with Crippen LogP contribution in [0.1, 0.15) is 32.1 Å². The van der Waals surface area contributed by atoms with E-state index in [1.165, 1.54) is 32.1 Å². The highest BCUT2D eigenvalue weighted by Gasteiger charge is 2.23. The van der Waals surface area contributed by atoms with E-state index in [0.29, 0.717) is 24.1 Å². The first-order valence-electron chi connectivity index (χ1n) is 11.0. The molecule has 0 amide bonds. The zero-order valence-electron chi connectivity index (χ0n) is 17.6. The summed E-state index contributed by atoms with van der Waals surface area (Å²) < 4.78 is 7.67. The number of anilines is 2. The van der Waals surface area contributed by atoms with Crippen molar-refractivity contribution in [2.45, 2.75) is 38.1 Å². The molecular weight excluding hydrogens is 390 g/mol. The maximum absolute atomic E-state index is 5.91. The number of benzene rings is 1. The standard InChI is InChI=1S/C23H25N7O/c1-29-11-12-31-20-19(29)14-25-30-22(27-28-23(20)30)16-8-7-15-9-10-24-21(18(15)13-16)26-17-5-3-2-4-6-17/h7-10,13-14,17H,2-6,11-12H2,1H3,(H,24,26). The normalized spacial score (nSPS) is 17.0. The van der Waals surface area contributed by atoms with E-state index in [-0.39, 0.29) is 0 Å². The number of fused-ring (bicyclic) bond motifs is 4. The van der Waals surface area contributed by atoms with Crippen molar-refractivity contribution in [3.63, 3.8) is 0 Å². The average molecular weight is 416 g/mol. The summed E-state index contributed by atoms with van der Waals surface area (Å²) in [4.78, 5) is 6.79. The Balaban J connectivity index is 1.43. The van der Waals surface area contributed by atoms with Crippen LogP contribution in [-0.4, -0.2) is 51.0 Å². The molecule has 3 aromatic heterocycles. The van der Waals surface area contributed by atoms with Crippen molar-refractivity contribution in [2.24, 2.45) is 0 Å². The van der Waals surface area contributed by atoms with Crippen LogP contribution in [-0.2, 0) is 0 Å². The summed E-state index contributed by atoms with van der Waals surface area (Å²) >= 11 is 0. The molecule has 2 aliphatic rings. The zero-order valence-corrected chi connectivity index (χ0v) is 17.6. The van der Waals surface area contributed by atoms with Crippen molar-refractivity contribution in [1.82, 2.24) is 24.8 Å². The van der Waals surface area contributed by atoms with Crippen LogP contribution >= 0.6 is 0 Å². The smallest absolute Gasteiger partial charge is 0.222 e. The van der Waals surface area contributed by atoms with Gasteiger partial charge in [0.05, 0.1) is 12.7 Å². The second-order valence-corrected chi connectivity index (χ2v) is 8.46. The minimum Gasteiger partial charge on any atom is -0.486 e. The summed E-state index contributed by atoms with van der Waals surface area (Å²) in [6, 6.07) is 8.86. The first-order valence-corrected chi connectivity index (χ1v) is 11.0. The number of pyridine rings is 1. The van der Waals surface area contributed by atoms with Crippen LogP contribution in [0.15, 0.2) is 36.7 Å². The Morgan fingerprint density at radius 2 is 2.00 bits per heavy atom. The molecule has 8 heteroatoms. The molecule has 0 bridgehead atoms. The van der Waals surface area contributed by atoms with E-state index in [1.807, 2.05) is 25.5 Å². The fourth-order valence-corrected chi connectivity index (χ4v) is 4.67. The third-order valence-corrected chi connectivity index (χ3v) is 6.43. The maximum Gasteiger partial charge on any atom is 0.222 e. The highest BCUT2D eigenvalue weighted by molar-refractivity contribution is 5.94. The fourth-order valence-electron chi connectivity index (χ4n) is 4.67. The van der Waals surface area contributed by atoms with Crippen LogP contribution < -0.4 is 15.0 Å². The number of nitrogens with one attached hydrogen (secondary N) is 1. The predicted molar refractivity (Wildman–Crippen MR) is 121 cm³/mol. The first-order chi connectivity index (χ1) is 15.3. The zero-order chi connectivity index (χ0) is 20.8. The summed E-state index contributed by atoms with van der Waals surface area (Å²) in [6.07, 6.45) is 10.0. The minimum atomic E-state index is 0.492. The summed E-state index contributed by atoms with van der Waals surface area (Å²) in [5, 5.41) is 19.4. The van der Waals surface area contributed by atoms with Crippen LogP contribution in [0.25, 0.3) is 27.8 Å². The van der Waals surface area contributed by atoms with Gasteiger partial charge >= 0.3 is 0 Å². The predicted octanol–water partition coefficient (Wildman–Crippen LogP) is 3.91. The molecule has 1 aliphatic heterocycles. The van der Waals surface area contributed by atoms with Gasteiger partial charge in [0.1, 0.15) is 18.1 Å². The van der Waals surface area contributed by atoms with Gasteiger partial charge in [-0.05, 0) is 30.4 Å². The molecule has 4 heterocycles. The van der Waals surface area contributed by atoms with Crippen LogP contribution in [0.3, 0.4) is 0 Å². The molecular formula is C23H25N7O. The van der Waals surface area contributed by atoms with Gasteiger partial charge in [0, 0.05) is 30.2 Å². The van der Waals surface area contributed by atoms with Crippen molar-refractivity contribution in [3.05, 3.63) is 36.7 Å². The molecule has 6 rings (SSSR count). The lowest BCUT2D eigenvalue weighted by Gasteiger charge is -2.26. The highest BCUT2D eigenvalue weighted by Crippen LogP contribution is 2.35. The third kappa shape index (κ3) is 3.13. The molecule has 31 heavy (non-hydrogen) atoms. The Morgan fingerprint density at radius 3 is 2.90 bits per heavy atom. The lowest BCUT2D eigenvalue weighted by molar-refractivity contribution is 0.312. The molecule has 0 atom stereocenters. The maximum atomic E-state index is 5.91. The van der Waals surface area contributed by atoms with Crippen LogP contribution in [0.5, 0.6) is 5.75 Å². The molecule has 8 nitrogen and oxygen atoms in total. The lowest BCUT2D eigenvalue weighted by Crippen LogP contribution is -2.29.